The number of aryl methyl sites for hydroxylation is 1. The van der Waals surface area contributed by atoms with Gasteiger partial charge in [0.1, 0.15) is 4.88 Å². The first-order valence-electron chi connectivity index (χ1n) is 5.54. The third kappa shape index (κ3) is 1.72. The van der Waals surface area contributed by atoms with E-state index < -0.39 is 0 Å². The maximum Gasteiger partial charge on any atom is 0.215 e. The van der Waals surface area contributed by atoms with E-state index in [9.17, 15) is 0 Å². The van der Waals surface area contributed by atoms with Gasteiger partial charge in [0.2, 0.25) is 5.88 Å². The van der Waals surface area contributed by atoms with Crippen molar-refractivity contribution in [2.75, 3.05) is 7.11 Å². The second-order valence-corrected chi connectivity index (χ2v) is 4.47. The monoisotopic (exact) mass is 261 g/mol. The Kier molecular flexibility index (Phi) is 2.67. The molecule has 0 radical (unpaired) electrons. The third-order valence-electron chi connectivity index (χ3n) is 2.64. The smallest absolute Gasteiger partial charge is 0.215 e. The van der Waals surface area contributed by atoms with E-state index in [1.54, 1.807) is 13.2 Å². The number of nitrogens with zero attached hydrogens (tertiary/aromatic N) is 4. The number of hydrogen-bond acceptors (Lipinski definition) is 6. The molecule has 0 saturated heterocycles. The molecule has 0 fully saturated rings. The lowest BCUT2D eigenvalue weighted by Gasteiger charge is -1.95. The van der Waals surface area contributed by atoms with E-state index in [4.69, 9.17) is 4.74 Å². The highest BCUT2D eigenvalue weighted by molar-refractivity contribution is 7.09. The number of aromatic amines is 1. The number of aromatic nitrogens is 5. The molecule has 0 spiro atoms. The fourth-order valence-corrected chi connectivity index (χ4v) is 2.41. The molecule has 0 bridgehead atoms. The first-order valence-corrected chi connectivity index (χ1v) is 6.31. The zero-order valence-electron chi connectivity index (χ0n) is 9.97. The van der Waals surface area contributed by atoms with Crippen LogP contribution in [0, 0.1) is 0 Å². The van der Waals surface area contributed by atoms with Gasteiger partial charge in [0.05, 0.1) is 18.3 Å². The highest BCUT2D eigenvalue weighted by atomic mass is 32.1. The molecule has 0 aliphatic heterocycles. The molecule has 3 rings (SSSR count). The maximum absolute atomic E-state index is 5.08. The van der Waals surface area contributed by atoms with Gasteiger partial charge in [0, 0.05) is 6.07 Å². The summed E-state index contributed by atoms with van der Waals surface area (Å²) >= 11 is 1.34. The third-order valence-corrected chi connectivity index (χ3v) is 3.41. The van der Waals surface area contributed by atoms with Gasteiger partial charge in [-0.1, -0.05) is 11.4 Å². The molecular formula is C11H11N5OS. The Hall–Kier alpha value is -2.02. The van der Waals surface area contributed by atoms with Crippen molar-refractivity contribution in [3.8, 4) is 16.6 Å². The summed E-state index contributed by atoms with van der Waals surface area (Å²) in [4.78, 5) is 12.9. The SMILES string of the molecule is CCc1nnsc1-c1nc2nc(OC)ccc2[nH]1. The van der Waals surface area contributed by atoms with Crippen LogP contribution in [-0.4, -0.2) is 31.6 Å². The van der Waals surface area contributed by atoms with E-state index in [-0.39, 0.29) is 0 Å². The van der Waals surface area contributed by atoms with Crippen LogP contribution < -0.4 is 4.74 Å². The van der Waals surface area contributed by atoms with E-state index in [1.807, 2.05) is 13.0 Å². The molecule has 0 aliphatic carbocycles. The molecule has 3 aromatic rings. The number of rotatable bonds is 3. The first kappa shape index (κ1) is 11.1. The highest BCUT2D eigenvalue weighted by Crippen LogP contribution is 2.26. The molecule has 0 aromatic carbocycles. The predicted molar refractivity (Wildman–Crippen MR) is 68.7 cm³/mol. The summed E-state index contributed by atoms with van der Waals surface area (Å²) in [6.07, 6.45) is 0.833. The van der Waals surface area contributed by atoms with Crippen LogP contribution in [0.1, 0.15) is 12.6 Å². The Morgan fingerprint density at radius 2 is 2.22 bits per heavy atom. The average molecular weight is 261 g/mol. The van der Waals surface area contributed by atoms with E-state index in [1.165, 1.54) is 11.5 Å². The minimum absolute atomic E-state index is 0.554. The molecule has 3 aromatic heterocycles. The van der Waals surface area contributed by atoms with Gasteiger partial charge in [-0.2, -0.15) is 4.98 Å². The molecule has 0 atom stereocenters. The van der Waals surface area contributed by atoms with Gasteiger partial charge in [-0.15, -0.1) is 5.10 Å². The first-order chi connectivity index (χ1) is 8.81. The maximum atomic E-state index is 5.08. The Balaban J connectivity index is 2.13. The van der Waals surface area contributed by atoms with E-state index >= 15 is 0 Å². The Morgan fingerprint density at radius 1 is 1.33 bits per heavy atom. The molecule has 1 N–H and O–H groups in total. The van der Waals surface area contributed by atoms with Gasteiger partial charge in [-0.25, -0.2) is 4.98 Å². The van der Waals surface area contributed by atoms with Crippen LogP contribution in [0.4, 0.5) is 0 Å². The summed E-state index contributed by atoms with van der Waals surface area (Å²) in [5, 5.41) is 4.08. The molecule has 6 nitrogen and oxygen atoms in total. The topological polar surface area (TPSA) is 76.6 Å². The largest absolute Gasteiger partial charge is 0.481 e. The summed E-state index contributed by atoms with van der Waals surface area (Å²) in [6.45, 7) is 2.05. The van der Waals surface area contributed by atoms with E-state index in [0.29, 0.717) is 11.5 Å². The quantitative estimate of drug-likeness (QED) is 0.780. The number of fused-ring (bicyclic) bond motifs is 1. The van der Waals surface area contributed by atoms with Crippen molar-refractivity contribution < 1.29 is 4.74 Å². The van der Waals surface area contributed by atoms with Gasteiger partial charge < -0.3 is 9.72 Å². The summed E-state index contributed by atoms with van der Waals surface area (Å²) in [5.41, 5.74) is 2.46. The molecule has 0 amide bonds. The van der Waals surface area contributed by atoms with Gasteiger partial charge >= 0.3 is 0 Å². The van der Waals surface area contributed by atoms with Crippen LogP contribution in [0.15, 0.2) is 12.1 Å². The van der Waals surface area contributed by atoms with Gasteiger partial charge in [0.15, 0.2) is 11.5 Å². The Labute approximate surface area is 107 Å². The van der Waals surface area contributed by atoms with Crippen molar-refractivity contribution in [1.82, 2.24) is 24.5 Å². The van der Waals surface area contributed by atoms with Crippen LogP contribution in [0.3, 0.4) is 0 Å². The molecule has 0 aliphatic rings. The van der Waals surface area contributed by atoms with Gasteiger partial charge in [-0.3, -0.25) is 0 Å². The van der Waals surface area contributed by atoms with Crippen molar-refractivity contribution in [1.29, 1.82) is 0 Å². The van der Waals surface area contributed by atoms with Crippen LogP contribution in [0.5, 0.6) is 5.88 Å². The van der Waals surface area contributed by atoms with Gasteiger partial charge in [0.25, 0.3) is 0 Å². The number of imidazole rings is 1. The van der Waals surface area contributed by atoms with E-state index in [2.05, 4.69) is 24.5 Å². The summed E-state index contributed by atoms with van der Waals surface area (Å²) < 4.78 is 9.04. The number of nitrogens with one attached hydrogen (secondary N) is 1. The predicted octanol–water partition coefficient (Wildman–Crippen LogP) is 2.05. The van der Waals surface area contributed by atoms with Crippen molar-refractivity contribution in [3.05, 3.63) is 17.8 Å². The molecule has 0 unspecified atom stereocenters. The molecule has 3 heterocycles. The lowest BCUT2D eigenvalue weighted by molar-refractivity contribution is 0.399. The van der Waals surface area contributed by atoms with Gasteiger partial charge in [-0.05, 0) is 24.0 Å². The molecule has 18 heavy (non-hydrogen) atoms. The summed E-state index contributed by atoms with van der Waals surface area (Å²) in [7, 11) is 1.59. The average Bonchev–Trinajstić information content (AvgIpc) is 3.03. The molecule has 7 heteroatoms. The fourth-order valence-electron chi connectivity index (χ4n) is 1.72. The zero-order chi connectivity index (χ0) is 12.5. The number of ether oxygens (including phenoxy) is 1. The van der Waals surface area contributed by atoms with Crippen LogP contribution in [0.25, 0.3) is 21.9 Å². The zero-order valence-corrected chi connectivity index (χ0v) is 10.8. The van der Waals surface area contributed by atoms with Crippen molar-refractivity contribution >= 4 is 22.7 Å². The molecule has 0 saturated carbocycles. The Morgan fingerprint density at radius 3 is 3.00 bits per heavy atom. The number of methoxy groups -OCH3 is 1. The van der Waals surface area contributed by atoms with Crippen LogP contribution >= 0.6 is 11.5 Å². The summed E-state index contributed by atoms with van der Waals surface area (Å²) in [5.74, 6) is 1.32. The normalized spacial score (nSPS) is 11.0. The van der Waals surface area contributed by atoms with Crippen molar-refractivity contribution in [2.45, 2.75) is 13.3 Å². The lowest BCUT2D eigenvalue weighted by Crippen LogP contribution is -1.87. The molecular weight excluding hydrogens is 250 g/mol. The second-order valence-electron chi connectivity index (χ2n) is 3.71. The minimum Gasteiger partial charge on any atom is -0.481 e. The fraction of sp³-hybridized carbons (Fsp3) is 0.273. The molecule has 92 valence electrons. The van der Waals surface area contributed by atoms with Crippen molar-refractivity contribution in [2.24, 2.45) is 0 Å². The Bertz CT molecular complexity index is 690. The number of hydrogen-bond donors (Lipinski definition) is 1. The summed E-state index contributed by atoms with van der Waals surface area (Å²) in [6, 6.07) is 3.70. The highest BCUT2D eigenvalue weighted by Gasteiger charge is 2.13. The lowest BCUT2D eigenvalue weighted by atomic mass is 10.3. The minimum atomic E-state index is 0.554. The number of pyridine rings is 1. The van der Waals surface area contributed by atoms with E-state index in [0.717, 1.165) is 28.3 Å². The van der Waals surface area contributed by atoms with Crippen LogP contribution in [0.2, 0.25) is 0 Å². The second kappa shape index (κ2) is 4.34. The van der Waals surface area contributed by atoms with Crippen LogP contribution in [-0.2, 0) is 6.42 Å². The standard InChI is InChI=1S/C11H11N5OS/c1-3-6-9(18-16-15-6)11-12-7-4-5-8(17-2)13-10(7)14-11/h4-5H,3H2,1-2H3,(H,12,13,14). The van der Waals surface area contributed by atoms with Crippen molar-refractivity contribution in [3.63, 3.8) is 0 Å². The number of H-pyrrole nitrogens is 1.